The van der Waals surface area contributed by atoms with Crippen molar-refractivity contribution in [3.63, 3.8) is 0 Å². The van der Waals surface area contributed by atoms with Crippen LogP contribution in [0.1, 0.15) is 24.1 Å². The lowest BCUT2D eigenvalue weighted by atomic mass is 10.0. The van der Waals surface area contributed by atoms with Crippen molar-refractivity contribution in [2.24, 2.45) is 0 Å². The zero-order chi connectivity index (χ0) is 13.7. The van der Waals surface area contributed by atoms with E-state index in [-0.39, 0.29) is 6.04 Å². The first-order valence-corrected chi connectivity index (χ1v) is 6.70. The fourth-order valence-corrected chi connectivity index (χ4v) is 2.35. The van der Waals surface area contributed by atoms with Crippen LogP contribution in [0.2, 0.25) is 5.02 Å². The van der Waals surface area contributed by atoms with Gasteiger partial charge in [0.2, 0.25) is 0 Å². The lowest BCUT2D eigenvalue weighted by molar-refractivity contribution is 0.405. The van der Waals surface area contributed by atoms with Crippen LogP contribution in [0, 0.1) is 0 Å². The fraction of sp³-hybridized carbons (Fsp3) is 0.333. The van der Waals surface area contributed by atoms with E-state index in [4.69, 9.17) is 20.8 Å². The number of hydrogen-bond donors (Lipinski definition) is 1. The summed E-state index contributed by atoms with van der Waals surface area (Å²) in [6, 6.07) is 7.85. The van der Waals surface area contributed by atoms with Gasteiger partial charge in [-0.3, -0.25) is 0 Å². The second kappa shape index (κ2) is 6.64. The van der Waals surface area contributed by atoms with Crippen LogP contribution < -0.4 is 10.1 Å². The molecule has 0 fully saturated rings. The first-order chi connectivity index (χ1) is 9.24. The second-order valence-electron chi connectivity index (χ2n) is 4.33. The van der Waals surface area contributed by atoms with Crippen LogP contribution in [0.3, 0.4) is 0 Å². The van der Waals surface area contributed by atoms with Gasteiger partial charge in [0.1, 0.15) is 5.75 Å². The zero-order valence-electron chi connectivity index (χ0n) is 11.2. The highest BCUT2D eigenvalue weighted by atomic mass is 35.5. The van der Waals surface area contributed by atoms with E-state index in [9.17, 15) is 0 Å². The standard InChI is InChI=1S/C15H18ClNO2/c1-3-17-14(11-6-7-19-10-11)9-12-8-13(16)4-5-15(12)18-2/h4-8,10,14,17H,3,9H2,1-2H3. The lowest BCUT2D eigenvalue weighted by Crippen LogP contribution is -2.22. The molecule has 0 radical (unpaired) electrons. The zero-order valence-corrected chi connectivity index (χ0v) is 11.9. The summed E-state index contributed by atoms with van der Waals surface area (Å²) in [5.74, 6) is 0.857. The van der Waals surface area contributed by atoms with Crippen molar-refractivity contribution in [2.45, 2.75) is 19.4 Å². The molecule has 1 unspecified atom stereocenters. The third-order valence-corrected chi connectivity index (χ3v) is 3.30. The number of furan rings is 1. The van der Waals surface area contributed by atoms with E-state index in [0.29, 0.717) is 0 Å². The van der Waals surface area contributed by atoms with Gasteiger partial charge in [0.05, 0.1) is 19.6 Å². The number of benzene rings is 1. The summed E-state index contributed by atoms with van der Waals surface area (Å²) in [5.41, 5.74) is 2.21. The Morgan fingerprint density at radius 3 is 2.84 bits per heavy atom. The summed E-state index contributed by atoms with van der Waals surface area (Å²) in [4.78, 5) is 0. The Hall–Kier alpha value is -1.45. The molecular weight excluding hydrogens is 262 g/mol. The van der Waals surface area contributed by atoms with E-state index in [2.05, 4.69) is 12.2 Å². The molecule has 3 nitrogen and oxygen atoms in total. The average molecular weight is 280 g/mol. The van der Waals surface area contributed by atoms with E-state index >= 15 is 0 Å². The minimum absolute atomic E-state index is 0.191. The monoisotopic (exact) mass is 279 g/mol. The topological polar surface area (TPSA) is 34.4 Å². The van der Waals surface area contributed by atoms with E-state index < -0.39 is 0 Å². The minimum Gasteiger partial charge on any atom is -0.496 e. The van der Waals surface area contributed by atoms with Gasteiger partial charge >= 0.3 is 0 Å². The number of rotatable bonds is 6. The third kappa shape index (κ3) is 3.52. The molecule has 0 aliphatic rings. The van der Waals surface area contributed by atoms with Gasteiger partial charge in [-0.15, -0.1) is 0 Å². The van der Waals surface area contributed by atoms with Gasteiger partial charge in [0.25, 0.3) is 0 Å². The molecular formula is C15H18ClNO2. The highest BCUT2D eigenvalue weighted by molar-refractivity contribution is 6.30. The second-order valence-corrected chi connectivity index (χ2v) is 4.76. The van der Waals surface area contributed by atoms with E-state index in [0.717, 1.165) is 34.9 Å². The normalized spacial score (nSPS) is 12.4. The Morgan fingerprint density at radius 1 is 1.37 bits per heavy atom. The number of ether oxygens (including phenoxy) is 1. The predicted octanol–water partition coefficient (Wildman–Crippen LogP) is 3.83. The van der Waals surface area contributed by atoms with Gasteiger partial charge in [-0.25, -0.2) is 0 Å². The summed E-state index contributed by atoms with van der Waals surface area (Å²) in [7, 11) is 1.67. The van der Waals surface area contributed by atoms with Crippen molar-refractivity contribution in [1.29, 1.82) is 0 Å². The lowest BCUT2D eigenvalue weighted by Gasteiger charge is -2.18. The molecule has 0 bridgehead atoms. The van der Waals surface area contributed by atoms with Gasteiger partial charge < -0.3 is 14.5 Å². The van der Waals surface area contributed by atoms with Crippen molar-refractivity contribution < 1.29 is 9.15 Å². The highest BCUT2D eigenvalue weighted by Crippen LogP contribution is 2.28. The molecule has 1 aromatic carbocycles. The maximum absolute atomic E-state index is 6.06. The molecule has 0 aliphatic heterocycles. The Bertz CT molecular complexity index is 511. The summed E-state index contributed by atoms with van der Waals surface area (Å²) in [6.45, 7) is 2.97. The maximum Gasteiger partial charge on any atom is 0.122 e. The van der Waals surface area contributed by atoms with Crippen LogP contribution in [-0.2, 0) is 6.42 Å². The molecule has 1 atom stereocenters. The van der Waals surface area contributed by atoms with Crippen molar-refractivity contribution in [1.82, 2.24) is 5.32 Å². The molecule has 1 aromatic heterocycles. The van der Waals surface area contributed by atoms with Crippen LogP contribution in [0.25, 0.3) is 0 Å². The van der Waals surface area contributed by atoms with Crippen LogP contribution >= 0.6 is 11.6 Å². The number of nitrogens with one attached hydrogen (secondary N) is 1. The molecule has 0 saturated carbocycles. The van der Waals surface area contributed by atoms with Crippen LogP contribution in [0.15, 0.2) is 41.2 Å². The first kappa shape index (κ1) is 14.0. The van der Waals surface area contributed by atoms with E-state index in [1.54, 1.807) is 19.6 Å². The smallest absolute Gasteiger partial charge is 0.122 e. The summed E-state index contributed by atoms with van der Waals surface area (Å²) in [6.07, 6.45) is 4.26. The Kier molecular flexibility index (Phi) is 4.88. The molecule has 19 heavy (non-hydrogen) atoms. The molecule has 1 heterocycles. The number of halogens is 1. The number of likely N-dealkylation sites (N-methyl/N-ethyl adjacent to an activating group) is 1. The van der Waals surface area contributed by atoms with Crippen molar-refractivity contribution in [3.8, 4) is 5.75 Å². The minimum atomic E-state index is 0.191. The molecule has 0 amide bonds. The molecule has 2 rings (SSSR count). The van der Waals surface area contributed by atoms with E-state index in [1.807, 2.05) is 24.3 Å². The Labute approximate surface area is 118 Å². The summed E-state index contributed by atoms with van der Waals surface area (Å²) in [5, 5.41) is 4.17. The average Bonchev–Trinajstić information content (AvgIpc) is 2.92. The summed E-state index contributed by atoms with van der Waals surface area (Å²) < 4.78 is 10.5. The quantitative estimate of drug-likeness (QED) is 0.872. The van der Waals surface area contributed by atoms with Crippen LogP contribution in [0.5, 0.6) is 5.75 Å². The van der Waals surface area contributed by atoms with Crippen molar-refractivity contribution in [3.05, 3.63) is 52.9 Å². The van der Waals surface area contributed by atoms with Gasteiger partial charge in [-0.2, -0.15) is 0 Å². The first-order valence-electron chi connectivity index (χ1n) is 6.32. The SMILES string of the molecule is CCNC(Cc1cc(Cl)ccc1OC)c1ccoc1. The number of hydrogen-bond acceptors (Lipinski definition) is 3. The summed E-state index contributed by atoms with van der Waals surface area (Å²) >= 11 is 6.06. The molecule has 102 valence electrons. The fourth-order valence-electron chi connectivity index (χ4n) is 2.15. The van der Waals surface area contributed by atoms with E-state index in [1.165, 1.54) is 0 Å². The van der Waals surface area contributed by atoms with Crippen molar-refractivity contribution in [2.75, 3.05) is 13.7 Å². The molecule has 1 N–H and O–H groups in total. The molecule has 0 spiro atoms. The Balaban J connectivity index is 2.24. The highest BCUT2D eigenvalue weighted by Gasteiger charge is 2.15. The molecule has 0 aliphatic carbocycles. The number of methoxy groups -OCH3 is 1. The predicted molar refractivity (Wildman–Crippen MR) is 76.8 cm³/mol. The molecule has 4 heteroatoms. The molecule has 2 aromatic rings. The van der Waals surface area contributed by atoms with Gasteiger partial charge in [-0.1, -0.05) is 18.5 Å². The van der Waals surface area contributed by atoms with Gasteiger partial charge in [0, 0.05) is 16.6 Å². The molecule has 0 saturated heterocycles. The Morgan fingerprint density at radius 2 is 2.21 bits per heavy atom. The van der Waals surface area contributed by atoms with Crippen molar-refractivity contribution >= 4 is 11.6 Å². The van der Waals surface area contributed by atoms with Gasteiger partial charge in [0.15, 0.2) is 0 Å². The van der Waals surface area contributed by atoms with Crippen LogP contribution in [0.4, 0.5) is 0 Å². The van der Waals surface area contributed by atoms with Crippen LogP contribution in [-0.4, -0.2) is 13.7 Å². The largest absolute Gasteiger partial charge is 0.496 e. The third-order valence-electron chi connectivity index (χ3n) is 3.06. The maximum atomic E-state index is 6.06. The van der Waals surface area contributed by atoms with Gasteiger partial charge in [-0.05, 0) is 42.8 Å².